The number of carboxylic acid groups (broad SMARTS) is 1. The molecule has 5 N–H and O–H groups in total. The van der Waals surface area contributed by atoms with E-state index in [2.05, 4.69) is 10.2 Å². The topological polar surface area (TPSA) is 199 Å². The number of fused-ring (bicyclic) bond motifs is 6. The van der Waals surface area contributed by atoms with Crippen molar-refractivity contribution in [3.63, 3.8) is 0 Å². The first kappa shape index (κ1) is 57.0. The van der Waals surface area contributed by atoms with Crippen LogP contribution in [-0.2, 0) is 36.6 Å². The Morgan fingerprint density at radius 2 is 0.961 bits per heavy atom. The molecule has 0 amide bonds. The van der Waals surface area contributed by atoms with Crippen LogP contribution in [0.4, 0.5) is 26.3 Å². The van der Waals surface area contributed by atoms with Gasteiger partial charge in [-0.25, -0.2) is 9.59 Å². The molecule has 0 bridgehead atoms. The number of ether oxygens (including phenoxy) is 3. The fourth-order valence-electron chi connectivity index (χ4n) is 9.36. The molecule has 0 saturated carbocycles. The van der Waals surface area contributed by atoms with Gasteiger partial charge in [0.25, 0.3) is 0 Å². The summed E-state index contributed by atoms with van der Waals surface area (Å²) in [6.07, 6.45) is -2.42. The predicted octanol–water partition coefficient (Wildman–Crippen LogP) is 10.6. The second-order valence-electron chi connectivity index (χ2n) is 21.3. The Balaban J connectivity index is 0.000000221. The van der Waals surface area contributed by atoms with Gasteiger partial charge in [0.05, 0.1) is 43.4 Å². The summed E-state index contributed by atoms with van der Waals surface area (Å²) in [5.74, 6) is -1.41. The summed E-state index contributed by atoms with van der Waals surface area (Å²) in [6, 6.07) is 17.3. The smallest absolute Gasteiger partial charge is 0.425 e. The highest BCUT2D eigenvalue weighted by atomic mass is 19.4. The van der Waals surface area contributed by atoms with Crippen LogP contribution < -0.4 is 9.47 Å². The molecule has 20 heteroatoms. The van der Waals surface area contributed by atoms with Crippen molar-refractivity contribution in [2.24, 2.45) is 0 Å². The van der Waals surface area contributed by atoms with Gasteiger partial charge in [0, 0.05) is 45.8 Å². The summed E-state index contributed by atoms with van der Waals surface area (Å²) in [4.78, 5) is 24.3. The molecule has 0 spiro atoms. The van der Waals surface area contributed by atoms with Gasteiger partial charge in [0.1, 0.15) is 11.5 Å². The minimum absolute atomic E-state index is 0.102. The zero-order valence-corrected chi connectivity index (χ0v) is 43.5. The second-order valence-corrected chi connectivity index (χ2v) is 21.3. The largest absolute Gasteiger partial charge is 0.494 e. The Labute approximate surface area is 435 Å². The van der Waals surface area contributed by atoms with Crippen LogP contribution in [0.3, 0.4) is 0 Å². The molecule has 0 aliphatic heterocycles. The number of hydrogen-bond donors (Lipinski definition) is 5. The van der Waals surface area contributed by atoms with Crippen LogP contribution in [0.1, 0.15) is 110 Å². The van der Waals surface area contributed by atoms with E-state index in [4.69, 9.17) is 14.2 Å². The standard InChI is InChI=1S/C29H33F3N2O5.C27H29F3N2O5/c1-6-38-25(35)27(4,5)34-17-18(16-33-34)21-14-19(39-13-9-12-26(2,3)36)15-23-24(21)20-10-7-8-11-22(20)28(23,37)29(30,31)32;1-24(2,35)10-7-11-37-17-12-19(16-14-31-32(15-16)25(3,4)23(33)34)22-18-8-5-6-9-20(18)26(36,21(22)13-17)27(28,29)30/h7-8,10-11,14-17,36-37H,6,9,12-13H2,1-5H3;5-6,8-9,12-15,35-36H,7,10-11H2,1-4H3,(H,33,34)/t28-;26-/m11/s1. The Bertz CT molecular complexity index is 3130. The van der Waals surface area contributed by atoms with Crippen LogP contribution in [0, 0.1) is 0 Å². The average Bonchev–Trinajstić information content (AvgIpc) is 4.13. The fraction of sp³-hybridized carbons (Fsp3) is 0.429. The normalized spacial score (nSPS) is 17.2. The number of aliphatic hydroxyl groups is 4. The third-order valence-electron chi connectivity index (χ3n) is 13.6. The molecule has 2 aliphatic carbocycles. The van der Waals surface area contributed by atoms with Gasteiger partial charge in [-0.1, -0.05) is 48.5 Å². The van der Waals surface area contributed by atoms with E-state index in [0.29, 0.717) is 47.9 Å². The number of rotatable bonds is 17. The molecule has 8 rings (SSSR count). The van der Waals surface area contributed by atoms with Crippen LogP contribution in [0.5, 0.6) is 11.5 Å². The first-order valence-electron chi connectivity index (χ1n) is 24.6. The molecule has 0 radical (unpaired) electrons. The van der Waals surface area contributed by atoms with Gasteiger partial charge in [0.15, 0.2) is 11.1 Å². The van der Waals surface area contributed by atoms with Crippen LogP contribution >= 0.6 is 0 Å². The molecule has 2 aliphatic rings. The Morgan fingerprint density at radius 3 is 1.32 bits per heavy atom. The molecule has 4 aromatic carbocycles. The van der Waals surface area contributed by atoms with Gasteiger partial charge in [-0.2, -0.15) is 36.5 Å². The first-order chi connectivity index (χ1) is 35.2. The zero-order valence-electron chi connectivity index (χ0n) is 43.5. The number of nitrogens with zero attached hydrogens (tertiary/aromatic N) is 4. The highest BCUT2D eigenvalue weighted by molar-refractivity contribution is 5.94. The Kier molecular flexibility index (Phi) is 15.2. The number of hydrogen-bond acceptors (Lipinski definition) is 11. The highest BCUT2D eigenvalue weighted by Crippen LogP contribution is 2.60. The average molecular weight is 1070 g/mol. The number of halogens is 6. The number of carbonyl (C=O) groups is 2. The van der Waals surface area contributed by atoms with Crippen molar-refractivity contribution in [1.29, 1.82) is 0 Å². The molecule has 0 unspecified atom stereocenters. The molecule has 0 saturated heterocycles. The number of carboxylic acids is 1. The molecular formula is C56H62F6N4O10. The monoisotopic (exact) mass is 1060 g/mol. The lowest BCUT2D eigenvalue weighted by atomic mass is 9.89. The third-order valence-corrected chi connectivity index (χ3v) is 13.6. The lowest BCUT2D eigenvalue weighted by molar-refractivity contribution is -0.247. The van der Waals surface area contributed by atoms with Crippen molar-refractivity contribution in [3.05, 3.63) is 120 Å². The summed E-state index contributed by atoms with van der Waals surface area (Å²) in [5, 5.41) is 60.5. The summed E-state index contributed by atoms with van der Waals surface area (Å²) < 4.78 is 106. The number of carbonyl (C=O) groups excluding carboxylic acids is 1. The van der Waals surface area contributed by atoms with E-state index < -0.39 is 57.8 Å². The quantitative estimate of drug-likeness (QED) is 0.0330. The molecule has 76 heavy (non-hydrogen) atoms. The highest BCUT2D eigenvalue weighted by Gasteiger charge is 2.62. The molecule has 6 aromatic rings. The Morgan fingerprint density at radius 1 is 0.579 bits per heavy atom. The lowest BCUT2D eigenvalue weighted by Gasteiger charge is -2.29. The van der Waals surface area contributed by atoms with Crippen LogP contribution in [0.25, 0.3) is 44.5 Å². The number of aromatic nitrogens is 4. The lowest BCUT2D eigenvalue weighted by Crippen LogP contribution is -2.41. The van der Waals surface area contributed by atoms with E-state index in [-0.39, 0.29) is 75.8 Å². The van der Waals surface area contributed by atoms with Crippen molar-refractivity contribution < 1.29 is 75.7 Å². The van der Waals surface area contributed by atoms with E-state index in [1.165, 1.54) is 90.3 Å². The van der Waals surface area contributed by atoms with Gasteiger partial charge in [-0.05, 0) is 146 Å². The van der Waals surface area contributed by atoms with Gasteiger partial charge in [0.2, 0.25) is 11.2 Å². The van der Waals surface area contributed by atoms with Crippen LogP contribution in [0.2, 0.25) is 0 Å². The van der Waals surface area contributed by atoms with E-state index in [0.717, 1.165) is 0 Å². The van der Waals surface area contributed by atoms with E-state index >= 15 is 0 Å². The number of benzene rings is 4. The molecule has 2 aromatic heterocycles. The second kappa shape index (κ2) is 20.3. The fourth-order valence-corrected chi connectivity index (χ4v) is 9.36. The first-order valence-corrected chi connectivity index (χ1v) is 24.6. The minimum atomic E-state index is -5.03. The van der Waals surface area contributed by atoms with Gasteiger partial charge in [-0.15, -0.1) is 0 Å². The maximum absolute atomic E-state index is 14.5. The summed E-state index contributed by atoms with van der Waals surface area (Å²) in [5.41, 5.74) is -9.88. The van der Waals surface area contributed by atoms with Crippen molar-refractivity contribution in [2.75, 3.05) is 19.8 Å². The third kappa shape index (κ3) is 10.7. The summed E-state index contributed by atoms with van der Waals surface area (Å²) >= 11 is 0. The van der Waals surface area contributed by atoms with Crippen molar-refractivity contribution in [2.45, 2.75) is 134 Å². The zero-order chi connectivity index (χ0) is 56.2. The maximum Gasteiger partial charge on any atom is 0.425 e. The van der Waals surface area contributed by atoms with Gasteiger partial charge in [-0.3, -0.25) is 9.36 Å². The van der Waals surface area contributed by atoms with Crippen molar-refractivity contribution in [1.82, 2.24) is 19.6 Å². The number of aliphatic carboxylic acids is 1. The van der Waals surface area contributed by atoms with Crippen molar-refractivity contribution >= 4 is 11.9 Å². The predicted molar refractivity (Wildman–Crippen MR) is 269 cm³/mol. The van der Waals surface area contributed by atoms with Gasteiger partial charge < -0.3 is 39.7 Å². The molecule has 2 heterocycles. The van der Waals surface area contributed by atoms with Crippen LogP contribution in [0.15, 0.2) is 97.6 Å². The number of alkyl halides is 6. The summed E-state index contributed by atoms with van der Waals surface area (Å²) in [7, 11) is 0. The van der Waals surface area contributed by atoms with E-state index in [1.54, 1.807) is 78.9 Å². The maximum atomic E-state index is 14.5. The number of esters is 1. The van der Waals surface area contributed by atoms with E-state index in [1.807, 2.05) is 0 Å². The summed E-state index contributed by atoms with van der Waals surface area (Å²) in [6.45, 7) is 15.0. The molecule has 2 atom stereocenters. The Hall–Kier alpha value is -6.74. The van der Waals surface area contributed by atoms with Crippen molar-refractivity contribution in [3.8, 4) is 56.0 Å². The van der Waals surface area contributed by atoms with Gasteiger partial charge >= 0.3 is 24.3 Å². The molecule has 408 valence electrons. The molecular weight excluding hydrogens is 1000 g/mol. The minimum Gasteiger partial charge on any atom is -0.494 e. The SMILES string of the molecule is CC(C)(O)CCCOc1cc(-c2cnn(C(C)(C)C(=O)O)c2)c2c(c1)[C@@](O)(C(F)(F)F)c1ccccc1-2.CCOC(=O)C(C)(C)n1cc(-c2cc(OCCCC(C)(C)O)cc3c2-c2ccccc2[C@]3(O)C(F)(F)F)cn1. The van der Waals surface area contributed by atoms with Crippen LogP contribution in [-0.4, -0.2) is 100 Å². The molecule has 0 fully saturated rings. The van der Waals surface area contributed by atoms with E-state index in [9.17, 15) is 61.5 Å². The molecule has 14 nitrogen and oxygen atoms in total.